The first-order valence-corrected chi connectivity index (χ1v) is 7.50. The Bertz CT molecular complexity index is 716. The summed E-state index contributed by atoms with van der Waals surface area (Å²) in [6.07, 6.45) is 0.116. The number of carbonyl (C=O) groups excluding carboxylic acids is 2. The van der Waals surface area contributed by atoms with Crippen LogP contribution in [0.25, 0.3) is 0 Å². The first kappa shape index (κ1) is 17.2. The molecule has 0 saturated heterocycles. The molecule has 0 bridgehead atoms. The van der Waals surface area contributed by atoms with Crippen molar-refractivity contribution in [3.63, 3.8) is 0 Å². The van der Waals surface area contributed by atoms with Gasteiger partial charge in [-0.1, -0.05) is 55.5 Å². The molecule has 0 heterocycles. The lowest BCUT2D eigenvalue weighted by atomic mass is 10.1. The van der Waals surface area contributed by atoms with E-state index in [2.05, 4.69) is 5.32 Å². The van der Waals surface area contributed by atoms with Crippen molar-refractivity contribution >= 4 is 23.6 Å². The van der Waals surface area contributed by atoms with E-state index < -0.39 is 23.9 Å². The molecule has 2 aromatic carbocycles. The average Bonchev–Trinajstić information content (AvgIpc) is 2.61. The molecule has 0 aromatic heterocycles. The summed E-state index contributed by atoms with van der Waals surface area (Å²) in [5, 5.41) is 11.8. The summed E-state index contributed by atoms with van der Waals surface area (Å²) in [6, 6.07) is 14.7. The largest absolute Gasteiger partial charge is 0.479 e. The molecule has 1 atom stereocenters. The Morgan fingerprint density at radius 3 is 2.04 bits per heavy atom. The maximum absolute atomic E-state index is 12.6. The van der Waals surface area contributed by atoms with E-state index >= 15 is 0 Å². The molecule has 124 valence electrons. The standard InChI is InChI=1S/C18H18N2O4/c1-2-15(21)20(14-11-7-4-8-12-14)18(24)19-16(17(22)23)13-9-5-3-6-10-13/h3-12,16H,2H2,1H3,(H,19,24)(H,22,23). The first-order valence-electron chi connectivity index (χ1n) is 7.50. The normalized spacial score (nSPS) is 11.4. The van der Waals surface area contributed by atoms with E-state index in [-0.39, 0.29) is 6.42 Å². The highest BCUT2D eigenvalue weighted by Crippen LogP contribution is 2.18. The maximum Gasteiger partial charge on any atom is 0.330 e. The molecule has 6 nitrogen and oxygen atoms in total. The zero-order chi connectivity index (χ0) is 17.5. The highest BCUT2D eigenvalue weighted by Gasteiger charge is 2.28. The second-order valence-corrected chi connectivity index (χ2v) is 5.05. The molecule has 0 aliphatic heterocycles. The number of para-hydroxylation sites is 1. The molecule has 0 saturated carbocycles. The Labute approximate surface area is 139 Å². The second-order valence-electron chi connectivity index (χ2n) is 5.05. The number of carboxylic acids is 1. The van der Waals surface area contributed by atoms with Crippen molar-refractivity contribution in [2.24, 2.45) is 0 Å². The van der Waals surface area contributed by atoms with Crippen molar-refractivity contribution in [2.45, 2.75) is 19.4 Å². The molecule has 24 heavy (non-hydrogen) atoms. The highest BCUT2D eigenvalue weighted by atomic mass is 16.4. The van der Waals surface area contributed by atoms with Crippen LogP contribution >= 0.6 is 0 Å². The van der Waals surface area contributed by atoms with Gasteiger partial charge in [-0.25, -0.2) is 14.5 Å². The van der Waals surface area contributed by atoms with Gasteiger partial charge in [-0.15, -0.1) is 0 Å². The number of carboxylic acid groups (broad SMARTS) is 1. The third-order valence-corrected chi connectivity index (χ3v) is 3.42. The number of hydrogen-bond donors (Lipinski definition) is 2. The smallest absolute Gasteiger partial charge is 0.330 e. The topological polar surface area (TPSA) is 86.7 Å². The number of nitrogens with one attached hydrogen (secondary N) is 1. The Hall–Kier alpha value is -3.15. The van der Waals surface area contributed by atoms with Crippen LogP contribution in [-0.2, 0) is 9.59 Å². The molecule has 0 aliphatic carbocycles. The van der Waals surface area contributed by atoms with Crippen molar-refractivity contribution < 1.29 is 19.5 Å². The van der Waals surface area contributed by atoms with Gasteiger partial charge in [-0.2, -0.15) is 0 Å². The SMILES string of the molecule is CCC(=O)N(C(=O)NC(C(=O)O)c1ccccc1)c1ccccc1. The number of carbonyl (C=O) groups is 3. The quantitative estimate of drug-likeness (QED) is 0.884. The summed E-state index contributed by atoms with van der Waals surface area (Å²) < 4.78 is 0. The van der Waals surface area contributed by atoms with E-state index in [1.165, 1.54) is 0 Å². The minimum Gasteiger partial charge on any atom is -0.479 e. The summed E-state index contributed by atoms with van der Waals surface area (Å²) in [6.45, 7) is 1.64. The summed E-state index contributed by atoms with van der Waals surface area (Å²) in [4.78, 5) is 37.2. The summed E-state index contributed by atoms with van der Waals surface area (Å²) in [7, 11) is 0. The molecule has 1 unspecified atom stereocenters. The molecular weight excluding hydrogens is 308 g/mol. The molecule has 2 aromatic rings. The number of anilines is 1. The molecule has 0 radical (unpaired) electrons. The number of amides is 3. The van der Waals surface area contributed by atoms with Gasteiger partial charge in [0.2, 0.25) is 5.91 Å². The van der Waals surface area contributed by atoms with Gasteiger partial charge >= 0.3 is 12.0 Å². The van der Waals surface area contributed by atoms with Crippen LogP contribution in [0.3, 0.4) is 0 Å². The fourth-order valence-corrected chi connectivity index (χ4v) is 2.23. The van der Waals surface area contributed by atoms with Crippen LogP contribution < -0.4 is 10.2 Å². The third-order valence-electron chi connectivity index (χ3n) is 3.42. The van der Waals surface area contributed by atoms with Crippen LogP contribution in [0, 0.1) is 0 Å². The van der Waals surface area contributed by atoms with Crippen molar-refractivity contribution in [1.29, 1.82) is 0 Å². The molecule has 2 rings (SSSR count). The lowest BCUT2D eigenvalue weighted by molar-refractivity contribution is -0.139. The molecule has 0 aliphatic rings. The van der Waals surface area contributed by atoms with Crippen molar-refractivity contribution in [2.75, 3.05) is 4.90 Å². The van der Waals surface area contributed by atoms with Gasteiger partial charge in [0.15, 0.2) is 6.04 Å². The molecule has 3 amide bonds. The second kappa shape index (κ2) is 7.92. The summed E-state index contributed by atoms with van der Waals surface area (Å²) >= 11 is 0. The van der Waals surface area contributed by atoms with Crippen molar-refractivity contribution in [3.8, 4) is 0 Å². The predicted molar refractivity (Wildman–Crippen MR) is 89.6 cm³/mol. The van der Waals surface area contributed by atoms with Gasteiger partial charge in [0.05, 0.1) is 5.69 Å². The Morgan fingerprint density at radius 1 is 1.00 bits per heavy atom. The fourth-order valence-electron chi connectivity index (χ4n) is 2.23. The number of rotatable bonds is 5. The summed E-state index contributed by atoms with van der Waals surface area (Å²) in [5.74, 6) is -1.62. The third kappa shape index (κ3) is 3.98. The number of nitrogens with zero attached hydrogens (tertiary/aromatic N) is 1. The fraction of sp³-hybridized carbons (Fsp3) is 0.167. The highest BCUT2D eigenvalue weighted by molar-refractivity contribution is 6.14. The van der Waals surface area contributed by atoms with Crippen LogP contribution in [0.2, 0.25) is 0 Å². The van der Waals surface area contributed by atoms with E-state index in [1.807, 2.05) is 0 Å². The van der Waals surface area contributed by atoms with Crippen LogP contribution in [0.15, 0.2) is 60.7 Å². The average molecular weight is 326 g/mol. The zero-order valence-electron chi connectivity index (χ0n) is 13.2. The predicted octanol–water partition coefficient (Wildman–Crippen LogP) is 2.97. The summed E-state index contributed by atoms with van der Waals surface area (Å²) in [5.41, 5.74) is 0.814. The molecule has 2 N–H and O–H groups in total. The minimum absolute atomic E-state index is 0.116. The van der Waals surface area contributed by atoms with Crippen LogP contribution in [0.5, 0.6) is 0 Å². The van der Waals surface area contributed by atoms with Crippen molar-refractivity contribution in [3.05, 3.63) is 66.2 Å². The minimum atomic E-state index is -1.24. The first-order chi connectivity index (χ1) is 11.5. The van der Waals surface area contributed by atoms with E-state index in [1.54, 1.807) is 67.6 Å². The Morgan fingerprint density at radius 2 is 1.54 bits per heavy atom. The van der Waals surface area contributed by atoms with Crippen LogP contribution in [-0.4, -0.2) is 23.0 Å². The van der Waals surface area contributed by atoms with Gasteiger partial charge in [0, 0.05) is 6.42 Å². The van der Waals surface area contributed by atoms with Gasteiger partial charge < -0.3 is 10.4 Å². The van der Waals surface area contributed by atoms with Crippen LogP contribution in [0.1, 0.15) is 24.9 Å². The van der Waals surface area contributed by atoms with E-state index in [4.69, 9.17) is 0 Å². The van der Waals surface area contributed by atoms with Gasteiger partial charge in [-0.3, -0.25) is 4.79 Å². The van der Waals surface area contributed by atoms with Gasteiger partial charge in [0.1, 0.15) is 0 Å². The van der Waals surface area contributed by atoms with Crippen molar-refractivity contribution in [1.82, 2.24) is 5.32 Å². The molecule has 6 heteroatoms. The molecule has 0 spiro atoms. The number of aliphatic carboxylic acids is 1. The van der Waals surface area contributed by atoms with E-state index in [0.717, 1.165) is 4.90 Å². The lowest BCUT2D eigenvalue weighted by Crippen LogP contribution is -2.46. The Balaban J connectivity index is 2.29. The molecular formula is C18H18N2O4. The number of hydrogen-bond acceptors (Lipinski definition) is 3. The maximum atomic E-state index is 12.6. The Kier molecular flexibility index (Phi) is 5.68. The number of imide groups is 1. The number of urea groups is 1. The monoisotopic (exact) mass is 326 g/mol. The zero-order valence-corrected chi connectivity index (χ0v) is 13.2. The number of benzene rings is 2. The van der Waals surface area contributed by atoms with E-state index in [9.17, 15) is 19.5 Å². The van der Waals surface area contributed by atoms with Gasteiger partial charge in [-0.05, 0) is 17.7 Å². The van der Waals surface area contributed by atoms with Crippen LogP contribution in [0.4, 0.5) is 10.5 Å². The van der Waals surface area contributed by atoms with E-state index in [0.29, 0.717) is 11.3 Å². The molecule has 0 fully saturated rings. The lowest BCUT2D eigenvalue weighted by Gasteiger charge is -2.23. The van der Waals surface area contributed by atoms with Gasteiger partial charge in [0.25, 0.3) is 0 Å².